The van der Waals surface area contributed by atoms with E-state index in [0.717, 1.165) is 5.56 Å². The maximum Gasteiger partial charge on any atom is 0.251 e. The van der Waals surface area contributed by atoms with Crippen LogP contribution in [-0.4, -0.2) is 47.9 Å². The van der Waals surface area contributed by atoms with Crippen molar-refractivity contribution in [1.82, 2.24) is 15.6 Å². The maximum atomic E-state index is 14.3. The van der Waals surface area contributed by atoms with Gasteiger partial charge in [0.1, 0.15) is 23.7 Å². The van der Waals surface area contributed by atoms with E-state index in [1.165, 1.54) is 17.0 Å². The summed E-state index contributed by atoms with van der Waals surface area (Å²) in [4.78, 5) is 45.0. The Morgan fingerprint density at radius 1 is 1.21 bits per heavy atom. The molecule has 0 fully saturated rings. The Morgan fingerprint density at radius 2 is 1.94 bits per heavy atom. The number of benzene rings is 1. The topological polar surface area (TPSA) is 103 Å². The summed E-state index contributed by atoms with van der Waals surface area (Å²) in [5.41, 5.74) is 0.732. The lowest BCUT2D eigenvalue weighted by Crippen LogP contribution is -2.57. The van der Waals surface area contributed by atoms with Gasteiger partial charge in [-0.3, -0.25) is 19.3 Å². The number of nitrogens with zero attached hydrogens (tertiary/aromatic N) is 2. The van der Waals surface area contributed by atoms with E-state index in [2.05, 4.69) is 36.9 Å². The van der Waals surface area contributed by atoms with E-state index in [-0.39, 0.29) is 23.9 Å². The summed E-state index contributed by atoms with van der Waals surface area (Å²) >= 11 is 3.19. The van der Waals surface area contributed by atoms with Gasteiger partial charge in [-0.1, -0.05) is 35.8 Å². The molecule has 0 bridgehead atoms. The van der Waals surface area contributed by atoms with Crippen molar-refractivity contribution in [3.63, 3.8) is 0 Å². The smallest absolute Gasteiger partial charge is 0.251 e. The van der Waals surface area contributed by atoms with Crippen LogP contribution in [0.5, 0.6) is 0 Å². The quantitative estimate of drug-likeness (QED) is 0.521. The summed E-state index contributed by atoms with van der Waals surface area (Å²) in [5.74, 6) is -1.80. The number of halogens is 2. The molecule has 0 saturated heterocycles. The van der Waals surface area contributed by atoms with Crippen LogP contribution in [0.2, 0.25) is 0 Å². The lowest BCUT2D eigenvalue weighted by atomic mass is 10.0. The van der Waals surface area contributed by atoms with Crippen molar-refractivity contribution >= 4 is 45.2 Å². The number of aromatic nitrogens is 1. The van der Waals surface area contributed by atoms with Crippen LogP contribution in [0.4, 0.5) is 15.9 Å². The maximum absolute atomic E-state index is 14.3. The summed E-state index contributed by atoms with van der Waals surface area (Å²) in [7, 11) is 1.65. The van der Waals surface area contributed by atoms with Crippen LogP contribution in [0.25, 0.3) is 0 Å². The van der Waals surface area contributed by atoms with Crippen molar-refractivity contribution in [2.75, 3.05) is 17.3 Å². The molecule has 10 heteroatoms. The van der Waals surface area contributed by atoms with Gasteiger partial charge in [-0.2, -0.15) is 0 Å². The SMILES string of the molecule is CN[C@@H](C)C(=O)NC(C(=O)N1c2ncccc2CC1C(=O)Nc1ccc(Br)cc1F)C(C)C. The average molecular weight is 520 g/mol. The van der Waals surface area contributed by atoms with Gasteiger partial charge in [-0.05, 0) is 49.7 Å². The lowest BCUT2D eigenvalue weighted by Gasteiger charge is -2.31. The fourth-order valence-corrected chi connectivity index (χ4v) is 3.93. The number of likely N-dealkylation sites (N-methyl/N-ethyl adjacent to an activating group) is 1. The number of anilines is 2. The van der Waals surface area contributed by atoms with Crippen molar-refractivity contribution < 1.29 is 18.8 Å². The van der Waals surface area contributed by atoms with Gasteiger partial charge in [0.05, 0.1) is 11.7 Å². The number of hydrogen-bond donors (Lipinski definition) is 3. The first kappa shape index (κ1) is 24.8. The minimum atomic E-state index is -0.940. The predicted molar refractivity (Wildman–Crippen MR) is 127 cm³/mol. The third-order valence-corrected chi connectivity index (χ3v) is 6.10. The van der Waals surface area contributed by atoms with Crippen molar-refractivity contribution in [3.05, 3.63) is 52.4 Å². The number of amides is 3. The number of carbonyl (C=O) groups is 3. The fraction of sp³-hybridized carbons (Fsp3) is 0.391. The average Bonchev–Trinajstić information content (AvgIpc) is 3.17. The Labute approximate surface area is 200 Å². The summed E-state index contributed by atoms with van der Waals surface area (Å²) in [6.07, 6.45) is 1.77. The van der Waals surface area contributed by atoms with Gasteiger partial charge < -0.3 is 16.0 Å². The summed E-state index contributed by atoms with van der Waals surface area (Å²) < 4.78 is 14.9. The fourth-order valence-electron chi connectivity index (χ4n) is 3.60. The van der Waals surface area contributed by atoms with Crippen LogP contribution in [0.1, 0.15) is 26.3 Å². The van der Waals surface area contributed by atoms with E-state index in [9.17, 15) is 18.8 Å². The zero-order valence-electron chi connectivity index (χ0n) is 18.9. The second-order valence-corrected chi connectivity index (χ2v) is 9.18. The van der Waals surface area contributed by atoms with Gasteiger partial charge in [-0.15, -0.1) is 0 Å². The minimum Gasteiger partial charge on any atom is -0.343 e. The number of nitrogens with one attached hydrogen (secondary N) is 3. The lowest BCUT2D eigenvalue weighted by molar-refractivity contribution is -0.130. The highest BCUT2D eigenvalue weighted by Gasteiger charge is 2.43. The Bertz CT molecular complexity index is 1060. The molecule has 0 radical (unpaired) electrons. The highest BCUT2D eigenvalue weighted by atomic mass is 79.9. The molecule has 2 heterocycles. The molecule has 0 spiro atoms. The molecule has 3 atom stereocenters. The van der Waals surface area contributed by atoms with Gasteiger partial charge in [0.25, 0.3) is 5.91 Å². The van der Waals surface area contributed by atoms with Crippen molar-refractivity contribution in [1.29, 1.82) is 0 Å². The van der Waals surface area contributed by atoms with Crippen LogP contribution >= 0.6 is 15.9 Å². The predicted octanol–water partition coefficient (Wildman–Crippen LogP) is 2.63. The van der Waals surface area contributed by atoms with Gasteiger partial charge in [0, 0.05) is 17.1 Å². The van der Waals surface area contributed by atoms with Crippen LogP contribution in [0, 0.1) is 11.7 Å². The molecule has 3 rings (SSSR count). The molecule has 1 aliphatic rings. The van der Waals surface area contributed by atoms with E-state index in [1.54, 1.807) is 38.4 Å². The minimum absolute atomic E-state index is 0.0103. The first-order chi connectivity index (χ1) is 15.6. The van der Waals surface area contributed by atoms with Gasteiger partial charge in [0.2, 0.25) is 11.8 Å². The number of hydrogen-bond acceptors (Lipinski definition) is 5. The summed E-state index contributed by atoms with van der Waals surface area (Å²) in [6, 6.07) is 5.51. The second kappa shape index (κ2) is 10.4. The van der Waals surface area contributed by atoms with Crippen molar-refractivity contribution in [2.24, 2.45) is 5.92 Å². The molecule has 0 saturated carbocycles. The molecule has 1 aliphatic heterocycles. The zero-order valence-corrected chi connectivity index (χ0v) is 20.4. The van der Waals surface area contributed by atoms with Crippen LogP contribution in [-0.2, 0) is 20.8 Å². The molecule has 0 aliphatic carbocycles. The van der Waals surface area contributed by atoms with E-state index < -0.39 is 35.8 Å². The highest BCUT2D eigenvalue weighted by molar-refractivity contribution is 9.10. The molecule has 33 heavy (non-hydrogen) atoms. The largest absolute Gasteiger partial charge is 0.343 e. The standard InChI is InChI=1S/C23H27BrFN5O3/c1-12(2)19(29-21(31)13(3)26-4)23(33)30-18(10-14-6-5-9-27-20(14)30)22(32)28-17-8-7-15(24)11-16(17)25/h5-9,11-13,18-19,26H,10H2,1-4H3,(H,28,32)(H,29,31)/t13-,18?,19?/m0/s1. The van der Waals surface area contributed by atoms with E-state index in [0.29, 0.717) is 10.3 Å². The first-order valence-corrected chi connectivity index (χ1v) is 11.4. The third-order valence-electron chi connectivity index (χ3n) is 5.61. The highest BCUT2D eigenvalue weighted by Crippen LogP contribution is 2.32. The number of rotatable bonds is 7. The van der Waals surface area contributed by atoms with E-state index in [1.807, 2.05) is 13.8 Å². The molecule has 3 amide bonds. The molecule has 3 N–H and O–H groups in total. The third kappa shape index (κ3) is 5.39. The van der Waals surface area contributed by atoms with Gasteiger partial charge in [0.15, 0.2) is 0 Å². The number of fused-ring (bicyclic) bond motifs is 1. The monoisotopic (exact) mass is 519 g/mol. The Morgan fingerprint density at radius 3 is 2.58 bits per heavy atom. The van der Waals surface area contributed by atoms with E-state index >= 15 is 0 Å². The summed E-state index contributed by atoms with van der Waals surface area (Å²) in [6.45, 7) is 5.32. The molecule has 176 valence electrons. The van der Waals surface area contributed by atoms with Crippen LogP contribution in [0.15, 0.2) is 41.0 Å². The summed E-state index contributed by atoms with van der Waals surface area (Å²) in [5, 5.41) is 8.21. The first-order valence-electron chi connectivity index (χ1n) is 10.6. The van der Waals surface area contributed by atoms with Gasteiger partial charge in [-0.25, -0.2) is 9.37 Å². The van der Waals surface area contributed by atoms with Crippen molar-refractivity contribution in [3.8, 4) is 0 Å². The zero-order chi connectivity index (χ0) is 24.3. The molecular weight excluding hydrogens is 493 g/mol. The van der Waals surface area contributed by atoms with Crippen molar-refractivity contribution in [2.45, 2.75) is 45.3 Å². The van der Waals surface area contributed by atoms with Crippen LogP contribution < -0.4 is 20.9 Å². The molecule has 1 aromatic carbocycles. The van der Waals surface area contributed by atoms with Gasteiger partial charge >= 0.3 is 0 Å². The molecule has 8 nitrogen and oxygen atoms in total. The molecule has 2 unspecified atom stereocenters. The second-order valence-electron chi connectivity index (χ2n) is 8.27. The van der Waals surface area contributed by atoms with Crippen LogP contribution in [0.3, 0.4) is 0 Å². The molecular formula is C23H27BrFN5O3. The van der Waals surface area contributed by atoms with E-state index in [4.69, 9.17) is 0 Å². The Hall–Kier alpha value is -2.85. The number of pyridine rings is 1. The number of carbonyl (C=O) groups excluding carboxylic acids is 3. The Balaban J connectivity index is 1.91. The normalized spacial score (nSPS) is 16.8. The molecule has 1 aromatic heterocycles. The Kier molecular flexibility index (Phi) is 7.80. The molecule has 2 aromatic rings.